The van der Waals surface area contributed by atoms with Crippen LogP contribution in [0.4, 0.5) is 0 Å². The number of amides is 1. The Morgan fingerprint density at radius 3 is 2.32 bits per heavy atom. The van der Waals surface area contributed by atoms with Gasteiger partial charge >= 0.3 is 0 Å². The summed E-state index contributed by atoms with van der Waals surface area (Å²) in [6.07, 6.45) is 3.63. The number of fused-ring (bicyclic) bond motifs is 1. The number of para-hydroxylation sites is 1. The minimum Gasteiger partial charge on any atom is -0.459 e. The van der Waals surface area contributed by atoms with E-state index < -0.39 is 6.04 Å². The highest BCUT2D eigenvalue weighted by molar-refractivity contribution is 5.91. The fourth-order valence-electron chi connectivity index (χ4n) is 4.88. The topological polar surface area (TPSA) is 68.3 Å². The second kappa shape index (κ2) is 11.3. The molecule has 6 heteroatoms. The van der Waals surface area contributed by atoms with Gasteiger partial charge in [0.05, 0.1) is 28.9 Å². The molecule has 6 nitrogen and oxygen atoms in total. The summed E-state index contributed by atoms with van der Waals surface area (Å²) in [5, 5.41) is 0.541. The zero-order valence-electron chi connectivity index (χ0n) is 21.7. The molecule has 0 radical (unpaired) electrons. The summed E-state index contributed by atoms with van der Waals surface area (Å²) in [6, 6.07) is 28.3. The van der Waals surface area contributed by atoms with Gasteiger partial charge in [0.25, 0.3) is 11.5 Å². The maximum Gasteiger partial charge on any atom is 0.290 e. The summed E-state index contributed by atoms with van der Waals surface area (Å²) in [6.45, 7) is 4.56. The van der Waals surface area contributed by atoms with Gasteiger partial charge in [-0.1, -0.05) is 68.4 Å². The molecule has 2 heterocycles. The number of nitrogens with zero attached hydrogens (tertiary/aromatic N) is 3. The van der Waals surface area contributed by atoms with Crippen LogP contribution in [0.15, 0.2) is 106 Å². The van der Waals surface area contributed by atoms with E-state index in [0.717, 1.165) is 17.7 Å². The van der Waals surface area contributed by atoms with Crippen LogP contribution in [0.3, 0.4) is 0 Å². The quantitative estimate of drug-likeness (QED) is 0.233. The predicted molar refractivity (Wildman–Crippen MR) is 150 cm³/mol. The summed E-state index contributed by atoms with van der Waals surface area (Å²) in [5.41, 5.74) is 3.50. The van der Waals surface area contributed by atoms with E-state index in [0.29, 0.717) is 36.1 Å². The minimum absolute atomic E-state index is 0.151. The molecule has 0 saturated carbocycles. The summed E-state index contributed by atoms with van der Waals surface area (Å²) in [4.78, 5) is 34.5. The molecule has 0 aliphatic carbocycles. The molecule has 38 heavy (non-hydrogen) atoms. The summed E-state index contributed by atoms with van der Waals surface area (Å²) in [5.74, 6) is 0.569. The number of benzene rings is 3. The van der Waals surface area contributed by atoms with E-state index in [-0.39, 0.29) is 17.2 Å². The molecular formula is C32H31N3O3. The van der Waals surface area contributed by atoms with Gasteiger partial charge in [0.1, 0.15) is 5.82 Å². The Hall–Kier alpha value is -4.45. The van der Waals surface area contributed by atoms with Gasteiger partial charge in [-0.25, -0.2) is 4.98 Å². The molecule has 1 atom stereocenters. The lowest BCUT2D eigenvalue weighted by atomic mass is 10.1. The summed E-state index contributed by atoms with van der Waals surface area (Å²) in [7, 11) is 0. The van der Waals surface area contributed by atoms with Crippen LogP contribution in [0.1, 0.15) is 53.8 Å². The van der Waals surface area contributed by atoms with Crippen LogP contribution in [0, 0.1) is 0 Å². The van der Waals surface area contributed by atoms with E-state index in [1.54, 1.807) is 27.7 Å². The van der Waals surface area contributed by atoms with Crippen molar-refractivity contribution in [3.63, 3.8) is 0 Å². The van der Waals surface area contributed by atoms with Gasteiger partial charge in [-0.2, -0.15) is 0 Å². The van der Waals surface area contributed by atoms with Crippen LogP contribution in [-0.4, -0.2) is 26.9 Å². The fourth-order valence-corrected chi connectivity index (χ4v) is 4.88. The van der Waals surface area contributed by atoms with Gasteiger partial charge in [-0.3, -0.25) is 14.2 Å². The van der Waals surface area contributed by atoms with Gasteiger partial charge in [0.2, 0.25) is 0 Å². The number of hydrogen-bond donors (Lipinski definition) is 0. The number of carbonyl (C=O) groups is 1. The van der Waals surface area contributed by atoms with Crippen molar-refractivity contribution in [3.05, 3.63) is 130 Å². The van der Waals surface area contributed by atoms with Crippen LogP contribution in [0.25, 0.3) is 16.6 Å². The van der Waals surface area contributed by atoms with Gasteiger partial charge < -0.3 is 9.32 Å². The molecule has 0 aliphatic rings. The Labute approximate surface area is 222 Å². The second-order valence-electron chi connectivity index (χ2n) is 9.28. The first kappa shape index (κ1) is 25.2. The number of aryl methyl sites for hydroxylation is 1. The van der Waals surface area contributed by atoms with E-state index in [1.165, 1.54) is 11.8 Å². The third kappa shape index (κ3) is 5.02. The Kier molecular flexibility index (Phi) is 7.50. The average molecular weight is 506 g/mol. The molecule has 192 valence electrons. The van der Waals surface area contributed by atoms with Crippen molar-refractivity contribution in [1.29, 1.82) is 0 Å². The molecule has 3 aromatic carbocycles. The number of hydrogen-bond acceptors (Lipinski definition) is 4. The molecule has 1 amide bonds. The maximum absolute atomic E-state index is 13.9. The molecule has 0 aliphatic heterocycles. The molecular weight excluding hydrogens is 474 g/mol. The molecule has 0 N–H and O–H groups in total. The van der Waals surface area contributed by atoms with Crippen molar-refractivity contribution in [3.8, 4) is 5.69 Å². The van der Waals surface area contributed by atoms with Crippen molar-refractivity contribution in [2.75, 3.05) is 6.54 Å². The minimum atomic E-state index is -0.459. The fraction of sp³-hybridized carbons (Fsp3) is 0.219. The first-order chi connectivity index (χ1) is 18.6. The van der Waals surface area contributed by atoms with Crippen LogP contribution in [0.5, 0.6) is 0 Å². The molecule has 0 saturated heterocycles. The Morgan fingerprint density at radius 1 is 0.895 bits per heavy atom. The van der Waals surface area contributed by atoms with E-state index in [1.807, 2.05) is 67.6 Å². The molecule has 0 bridgehead atoms. The lowest BCUT2D eigenvalue weighted by Crippen LogP contribution is -2.39. The number of aromatic nitrogens is 2. The lowest BCUT2D eigenvalue weighted by Gasteiger charge is -2.32. The SMILES string of the molecule is CCc1ccc(-n2c(C(CC)N(CCc3ccccc3)C(=O)c3ccco3)nc3ccccc3c2=O)cc1. The smallest absolute Gasteiger partial charge is 0.290 e. The highest BCUT2D eigenvalue weighted by atomic mass is 16.3. The van der Waals surface area contributed by atoms with Gasteiger partial charge in [-0.05, 0) is 66.8 Å². The van der Waals surface area contributed by atoms with Crippen molar-refractivity contribution in [1.82, 2.24) is 14.5 Å². The first-order valence-corrected chi connectivity index (χ1v) is 13.1. The number of rotatable bonds is 9. The van der Waals surface area contributed by atoms with Crippen molar-refractivity contribution < 1.29 is 9.21 Å². The Bertz CT molecular complexity index is 1570. The number of furan rings is 1. The van der Waals surface area contributed by atoms with E-state index in [9.17, 15) is 9.59 Å². The van der Waals surface area contributed by atoms with E-state index in [4.69, 9.17) is 9.40 Å². The average Bonchev–Trinajstić information content (AvgIpc) is 3.51. The summed E-state index contributed by atoms with van der Waals surface area (Å²) >= 11 is 0. The molecule has 0 spiro atoms. The highest BCUT2D eigenvalue weighted by Gasteiger charge is 2.30. The number of carbonyl (C=O) groups excluding carboxylic acids is 1. The third-order valence-corrected chi connectivity index (χ3v) is 6.94. The van der Waals surface area contributed by atoms with Crippen molar-refractivity contribution in [2.45, 2.75) is 39.2 Å². The van der Waals surface area contributed by atoms with Gasteiger partial charge in [0.15, 0.2) is 5.76 Å². The molecule has 1 unspecified atom stereocenters. The van der Waals surface area contributed by atoms with Crippen molar-refractivity contribution >= 4 is 16.8 Å². The predicted octanol–water partition coefficient (Wildman–Crippen LogP) is 6.38. The monoisotopic (exact) mass is 505 g/mol. The normalized spacial score (nSPS) is 11.9. The standard InChI is InChI=1S/C32H31N3O3/c1-3-23-16-18-25(19-17-23)35-30(33-27-14-9-8-13-26(27)31(35)36)28(4-2)34(32(37)29-15-10-22-38-29)21-20-24-11-6-5-7-12-24/h5-19,22,28H,3-4,20-21H2,1-2H3. The van der Waals surface area contributed by atoms with Crippen molar-refractivity contribution in [2.24, 2.45) is 0 Å². The zero-order valence-corrected chi connectivity index (χ0v) is 21.7. The molecule has 5 aromatic rings. The zero-order chi connectivity index (χ0) is 26.5. The molecule has 2 aromatic heterocycles. The third-order valence-electron chi connectivity index (χ3n) is 6.94. The van der Waals surface area contributed by atoms with Crippen LogP contribution < -0.4 is 5.56 Å². The van der Waals surface area contributed by atoms with Crippen LogP contribution in [0.2, 0.25) is 0 Å². The van der Waals surface area contributed by atoms with Gasteiger partial charge in [-0.15, -0.1) is 0 Å². The summed E-state index contributed by atoms with van der Waals surface area (Å²) < 4.78 is 7.18. The molecule has 0 fully saturated rings. The lowest BCUT2D eigenvalue weighted by molar-refractivity contribution is 0.0629. The second-order valence-corrected chi connectivity index (χ2v) is 9.28. The molecule has 5 rings (SSSR count). The largest absolute Gasteiger partial charge is 0.459 e. The maximum atomic E-state index is 13.9. The Morgan fingerprint density at radius 2 is 1.63 bits per heavy atom. The Balaban J connectivity index is 1.67. The first-order valence-electron chi connectivity index (χ1n) is 13.1. The van der Waals surface area contributed by atoms with Crippen LogP contribution >= 0.6 is 0 Å². The van der Waals surface area contributed by atoms with Gasteiger partial charge in [0, 0.05) is 6.54 Å². The van der Waals surface area contributed by atoms with E-state index in [2.05, 4.69) is 19.1 Å². The van der Waals surface area contributed by atoms with E-state index >= 15 is 0 Å². The highest BCUT2D eigenvalue weighted by Crippen LogP contribution is 2.28. The van der Waals surface area contributed by atoms with Crippen LogP contribution in [-0.2, 0) is 12.8 Å².